The standard InChI is InChI=1S/C38H72N4O9/c1-5-8-24-39-33(43)21-27-49-30-38(31-50-28-22-34(44)40-25-9-6-2,32-51-29-23-35(45)41-26-10-7-3)42-36(46)19-17-15-13-11-12-14-16-18-20-37(47)48-4/h5-32H2,1-4H3,(H,39,43)(H,40,44)(H,41,45)(H,42,46). The number of hydrogen-bond acceptors (Lipinski definition) is 9. The van der Waals surface area contributed by atoms with Crippen LogP contribution in [0.3, 0.4) is 0 Å². The molecule has 0 aliphatic heterocycles. The number of carbonyl (C=O) groups is 5. The molecule has 0 rings (SSSR count). The monoisotopic (exact) mass is 729 g/mol. The SMILES string of the molecule is CCCCNC(=O)CCOCC(COCCC(=O)NCCCC)(COCCC(=O)NCCCC)NC(=O)CCCCCCCCCCC(=O)OC. The van der Waals surface area contributed by atoms with E-state index in [0.29, 0.717) is 32.5 Å². The van der Waals surface area contributed by atoms with Gasteiger partial charge in [0, 0.05) is 51.7 Å². The van der Waals surface area contributed by atoms with Crippen LogP contribution in [0.2, 0.25) is 0 Å². The van der Waals surface area contributed by atoms with Crippen molar-refractivity contribution in [1.29, 1.82) is 0 Å². The molecule has 13 nitrogen and oxygen atoms in total. The zero-order valence-electron chi connectivity index (χ0n) is 32.5. The molecular formula is C38H72N4O9. The van der Waals surface area contributed by atoms with Crippen molar-refractivity contribution in [2.24, 2.45) is 0 Å². The summed E-state index contributed by atoms with van der Waals surface area (Å²) in [6, 6.07) is 0. The maximum atomic E-state index is 13.3. The van der Waals surface area contributed by atoms with E-state index < -0.39 is 5.54 Å². The van der Waals surface area contributed by atoms with Gasteiger partial charge in [-0.05, 0) is 32.1 Å². The van der Waals surface area contributed by atoms with E-state index >= 15 is 0 Å². The van der Waals surface area contributed by atoms with Gasteiger partial charge in [0.05, 0.1) is 46.8 Å². The van der Waals surface area contributed by atoms with Crippen LogP contribution in [0.15, 0.2) is 0 Å². The summed E-state index contributed by atoms with van der Waals surface area (Å²) >= 11 is 0. The third kappa shape index (κ3) is 30.6. The van der Waals surface area contributed by atoms with Gasteiger partial charge in [0.1, 0.15) is 5.54 Å². The van der Waals surface area contributed by atoms with Crippen LogP contribution in [0.5, 0.6) is 0 Å². The van der Waals surface area contributed by atoms with Crippen molar-refractivity contribution in [2.75, 3.05) is 66.4 Å². The molecule has 0 atom stereocenters. The highest BCUT2D eigenvalue weighted by Crippen LogP contribution is 2.14. The molecule has 51 heavy (non-hydrogen) atoms. The molecule has 0 fully saturated rings. The lowest BCUT2D eigenvalue weighted by Crippen LogP contribution is -2.58. The zero-order chi connectivity index (χ0) is 37.8. The third-order valence-corrected chi connectivity index (χ3v) is 8.28. The number of esters is 1. The Morgan fingerprint density at radius 2 is 0.804 bits per heavy atom. The Labute approximate surface area is 308 Å². The van der Waals surface area contributed by atoms with E-state index in [1.165, 1.54) is 7.11 Å². The van der Waals surface area contributed by atoms with E-state index in [1.54, 1.807) is 0 Å². The fraction of sp³-hybridized carbons (Fsp3) is 0.868. The molecule has 0 aromatic carbocycles. The van der Waals surface area contributed by atoms with Gasteiger partial charge in [-0.2, -0.15) is 0 Å². The first-order chi connectivity index (χ1) is 24.7. The highest BCUT2D eigenvalue weighted by atomic mass is 16.5. The van der Waals surface area contributed by atoms with E-state index in [2.05, 4.69) is 46.8 Å². The van der Waals surface area contributed by atoms with Crippen LogP contribution in [0, 0.1) is 0 Å². The van der Waals surface area contributed by atoms with Crippen LogP contribution in [-0.2, 0) is 42.9 Å². The van der Waals surface area contributed by atoms with E-state index in [0.717, 1.165) is 89.9 Å². The smallest absolute Gasteiger partial charge is 0.305 e. The summed E-state index contributed by atoms with van der Waals surface area (Å²) in [6.45, 7) is 8.57. The number of hydrogen-bond donors (Lipinski definition) is 4. The lowest BCUT2D eigenvalue weighted by Gasteiger charge is -2.34. The van der Waals surface area contributed by atoms with Gasteiger partial charge in [-0.1, -0.05) is 78.6 Å². The average Bonchev–Trinajstić information content (AvgIpc) is 3.11. The molecule has 0 saturated carbocycles. The minimum Gasteiger partial charge on any atom is -0.469 e. The van der Waals surface area contributed by atoms with Gasteiger partial charge in [0.25, 0.3) is 0 Å². The molecule has 4 amide bonds. The number of methoxy groups -OCH3 is 1. The van der Waals surface area contributed by atoms with Crippen molar-refractivity contribution in [2.45, 2.75) is 148 Å². The van der Waals surface area contributed by atoms with E-state index in [4.69, 9.17) is 14.2 Å². The molecule has 0 radical (unpaired) electrons. The summed E-state index contributed by atoms with van der Waals surface area (Å²) in [5.41, 5.74) is -1.09. The Balaban J connectivity index is 5.26. The van der Waals surface area contributed by atoms with Gasteiger partial charge < -0.3 is 40.2 Å². The lowest BCUT2D eigenvalue weighted by atomic mass is 10.0. The Hall–Kier alpha value is -2.77. The first-order valence-corrected chi connectivity index (χ1v) is 19.6. The molecule has 0 aromatic heterocycles. The summed E-state index contributed by atoms with van der Waals surface area (Å²) in [4.78, 5) is 61.3. The Morgan fingerprint density at radius 3 is 1.16 bits per heavy atom. The Bertz CT molecular complexity index is 846. The van der Waals surface area contributed by atoms with E-state index in [-0.39, 0.29) is 88.5 Å². The quantitative estimate of drug-likeness (QED) is 0.0519. The second kappa shape index (κ2) is 34.3. The van der Waals surface area contributed by atoms with Crippen LogP contribution >= 0.6 is 0 Å². The van der Waals surface area contributed by atoms with E-state index in [9.17, 15) is 24.0 Å². The first kappa shape index (κ1) is 48.2. The summed E-state index contributed by atoms with van der Waals surface area (Å²) in [5, 5.41) is 11.7. The van der Waals surface area contributed by atoms with Crippen molar-refractivity contribution < 1.29 is 42.9 Å². The van der Waals surface area contributed by atoms with Crippen molar-refractivity contribution in [1.82, 2.24) is 21.3 Å². The lowest BCUT2D eigenvalue weighted by molar-refractivity contribution is -0.140. The first-order valence-electron chi connectivity index (χ1n) is 19.6. The Morgan fingerprint density at radius 1 is 0.451 bits per heavy atom. The molecule has 0 aromatic rings. The third-order valence-electron chi connectivity index (χ3n) is 8.28. The molecular weight excluding hydrogens is 656 g/mol. The summed E-state index contributed by atoms with van der Waals surface area (Å²) in [7, 11) is 1.41. The molecule has 0 aliphatic carbocycles. The normalized spacial score (nSPS) is 11.2. The highest BCUT2D eigenvalue weighted by Gasteiger charge is 2.34. The number of unbranched alkanes of at least 4 members (excludes halogenated alkanes) is 10. The summed E-state index contributed by atoms with van der Waals surface area (Å²) in [5.74, 6) is -0.636. The van der Waals surface area contributed by atoms with Crippen LogP contribution in [-0.4, -0.2) is 102 Å². The molecule has 0 spiro atoms. The zero-order valence-corrected chi connectivity index (χ0v) is 32.5. The average molecular weight is 729 g/mol. The molecule has 0 heterocycles. The number of carbonyl (C=O) groups excluding carboxylic acids is 5. The van der Waals surface area contributed by atoms with Crippen molar-refractivity contribution >= 4 is 29.6 Å². The van der Waals surface area contributed by atoms with Crippen LogP contribution in [0.1, 0.15) is 143 Å². The van der Waals surface area contributed by atoms with Gasteiger partial charge in [0.2, 0.25) is 23.6 Å². The topological polar surface area (TPSA) is 170 Å². The van der Waals surface area contributed by atoms with Gasteiger partial charge in [-0.3, -0.25) is 24.0 Å². The van der Waals surface area contributed by atoms with Gasteiger partial charge in [0.15, 0.2) is 0 Å². The van der Waals surface area contributed by atoms with Crippen molar-refractivity contribution in [3.8, 4) is 0 Å². The highest BCUT2D eigenvalue weighted by molar-refractivity contribution is 5.77. The second-order valence-corrected chi connectivity index (χ2v) is 13.3. The Kier molecular flexibility index (Phi) is 32.5. The second-order valence-electron chi connectivity index (χ2n) is 13.3. The van der Waals surface area contributed by atoms with Crippen LogP contribution in [0.4, 0.5) is 0 Å². The van der Waals surface area contributed by atoms with E-state index in [1.807, 2.05) is 0 Å². The van der Waals surface area contributed by atoms with Gasteiger partial charge in [-0.25, -0.2) is 0 Å². The molecule has 298 valence electrons. The molecule has 0 unspecified atom stereocenters. The number of ether oxygens (including phenoxy) is 4. The predicted molar refractivity (Wildman–Crippen MR) is 199 cm³/mol. The molecule has 4 N–H and O–H groups in total. The maximum absolute atomic E-state index is 13.3. The minimum absolute atomic E-state index is 0.0301. The molecule has 0 aliphatic rings. The van der Waals surface area contributed by atoms with Crippen molar-refractivity contribution in [3.63, 3.8) is 0 Å². The fourth-order valence-corrected chi connectivity index (χ4v) is 5.09. The van der Waals surface area contributed by atoms with Crippen LogP contribution in [0.25, 0.3) is 0 Å². The summed E-state index contributed by atoms with van der Waals surface area (Å²) < 4.78 is 22.6. The molecule has 0 saturated heterocycles. The molecule has 0 bridgehead atoms. The maximum Gasteiger partial charge on any atom is 0.305 e. The fourth-order valence-electron chi connectivity index (χ4n) is 5.09. The number of amides is 4. The van der Waals surface area contributed by atoms with Crippen molar-refractivity contribution in [3.05, 3.63) is 0 Å². The summed E-state index contributed by atoms with van der Waals surface area (Å²) in [6.07, 6.45) is 14.7. The largest absolute Gasteiger partial charge is 0.469 e. The predicted octanol–water partition coefficient (Wildman–Crippen LogP) is 4.88. The number of rotatable bonds is 36. The van der Waals surface area contributed by atoms with Crippen LogP contribution < -0.4 is 21.3 Å². The minimum atomic E-state index is -1.09. The molecule has 13 heteroatoms. The van der Waals surface area contributed by atoms with Gasteiger partial charge >= 0.3 is 5.97 Å². The van der Waals surface area contributed by atoms with Gasteiger partial charge in [-0.15, -0.1) is 0 Å². The number of nitrogens with one attached hydrogen (secondary N) is 4.